The van der Waals surface area contributed by atoms with Crippen molar-refractivity contribution >= 4 is 30.2 Å². The molecule has 0 fully saturated rings. The standard InChI is InChI=1S/C8H7NO3.C6H5.CH3.Sb/c10-8-3-1-7(2-4-8)5-6-9(11)12;1-2-4-6-5-3-1;;/h1-6,10H;1-5H;1H3;/q;;;+1/p-1/b6-5+;;;. The van der Waals surface area contributed by atoms with Crippen LogP contribution in [-0.4, -0.2) is 25.6 Å². The van der Waals surface area contributed by atoms with Crippen molar-refractivity contribution in [3.05, 3.63) is 76.5 Å². The second-order valence-electron chi connectivity index (χ2n) is 4.09. The Morgan fingerprint density at radius 2 is 1.75 bits per heavy atom. The quantitative estimate of drug-likeness (QED) is 0.457. The SMILES string of the molecule is [CH3][Sb]([O]c1ccc(/C=C/[N+](=O)[O-])cc1)[c]1ccccc1. The first-order valence-corrected chi connectivity index (χ1v) is 10.9. The Kier molecular flexibility index (Phi) is 5.19. The summed E-state index contributed by atoms with van der Waals surface area (Å²) in [6.07, 6.45) is 2.39. The summed E-state index contributed by atoms with van der Waals surface area (Å²) in [7, 11) is 0. The van der Waals surface area contributed by atoms with Crippen LogP contribution in [0.5, 0.6) is 5.75 Å². The summed E-state index contributed by atoms with van der Waals surface area (Å²) in [4.78, 5) is 11.9. The zero-order valence-electron chi connectivity index (χ0n) is 11.0. The molecule has 0 spiro atoms. The van der Waals surface area contributed by atoms with Gasteiger partial charge in [0.1, 0.15) is 0 Å². The van der Waals surface area contributed by atoms with E-state index < -0.39 is 25.6 Å². The molecule has 102 valence electrons. The molecule has 20 heavy (non-hydrogen) atoms. The van der Waals surface area contributed by atoms with Gasteiger partial charge in [-0.2, -0.15) is 0 Å². The van der Waals surface area contributed by atoms with Crippen LogP contribution in [0.2, 0.25) is 4.87 Å². The average Bonchev–Trinajstić information content (AvgIpc) is 2.47. The third kappa shape index (κ3) is 4.39. The zero-order chi connectivity index (χ0) is 14.4. The molecule has 0 bridgehead atoms. The predicted molar refractivity (Wildman–Crippen MR) is 80.8 cm³/mol. The molecule has 0 amide bonds. The molecule has 0 saturated carbocycles. The Balaban J connectivity index is 2.02. The molecule has 0 aliphatic rings. The number of hydrogen-bond donors (Lipinski definition) is 0. The summed E-state index contributed by atoms with van der Waals surface area (Å²) in [5.41, 5.74) is 0.786. The summed E-state index contributed by atoms with van der Waals surface area (Å²) in [5, 5.41) is 10.2. The van der Waals surface area contributed by atoms with Crippen molar-refractivity contribution in [1.82, 2.24) is 0 Å². The van der Waals surface area contributed by atoms with Crippen LogP contribution < -0.4 is 6.53 Å². The van der Waals surface area contributed by atoms with Gasteiger partial charge in [-0.15, -0.1) is 0 Å². The van der Waals surface area contributed by atoms with Gasteiger partial charge in [0.25, 0.3) is 0 Å². The first kappa shape index (κ1) is 14.6. The number of rotatable bonds is 5. The molecule has 0 atom stereocenters. The van der Waals surface area contributed by atoms with Crippen LogP contribution in [0.25, 0.3) is 6.08 Å². The summed E-state index contributed by atoms with van der Waals surface area (Å²) in [6.45, 7) is 0. The fourth-order valence-electron chi connectivity index (χ4n) is 1.64. The Hall–Kier alpha value is -1.80. The van der Waals surface area contributed by atoms with E-state index >= 15 is 0 Å². The molecular weight excluding hydrogens is 364 g/mol. The molecule has 0 heterocycles. The Labute approximate surface area is 125 Å². The minimum absolute atomic E-state index is 0.475. The molecule has 4 nitrogen and oxygen atoms in total. The molecule has 5 heteroatoms. The second kappa shape index (κ2) is 7.11. The zero-order valence-corrected chi connectivity index (χ0v) is 13.5. The minimum atomic E-state index is -1.91. The van der Waals surface area contributed by atoms with E-state index in [-0.39, 0.29) is 0 Å². The van der Waals surface area contributed by atoms with Crippen LogP contribution in [0.1, 0.15) is 5.56 Å². The van der Waals surface area contributed by atoms with Gasteiger partial charge in [0.15, 0.2) is 0 Å². The van der Waals surface area contributed by atoms with Crippen LogP contribution in [0.3, 0.4) is 0 Å². The van der Waals surface area contributed by atoms with Crippen molar-refractivity contribution in [2.75, 3.05) is 0 Å². The summed E-state index contributed by atoms with van der Waals surface area (Å²) in [5.74, 6) is 0.817. The fourth-order valence-corrected chi connectivity index (χ4v) is 4.88. The van der Waals surface area contributed by atoms with Gasteiger partial charge in [-0.1, -0.05) is 0 Å². The van der Waals surface area contributed by atoms with Gasteiger partial charge in [-0.3, -0.25) is 0 Å². The molecule has 0 N–H and O–H groups in total. The number of nitro groups is 1. The maximum atomic E-state index is 10.2. The first-order chi connectivity index (χ1) is 9.65. The van der Waals surface area contributed by atoms with Gasteiger partial charge < -0.3 is 0 Å². The molecule has 2 aromatic carbocycles. The monoisotopic (exact) mass is 377 g/mol. The second-order valence-corrected chi connectivity index (χ2v) is 8.93. The van der Waals surface area contributed by atoms with Crippen LogP contribution in [-0.2, 0) is 0 Å². The van der Waals surface area contributed by atoms with Crippen LogP contribution >= 0.6 is 0 Å². The summed E-state index contributed by atoms with van der Waals surface area (Å²) >= 11 is -1.91. The molecule has 0 radical (unpaired) electrons. The molecule has 0 aliphatic heterocycles. The summed E-state index contributed by atoms with van der Waals surface area (Å²) in [6, 6.07) is 17.5. The molecule has 0 aliphatic carbocycles. The third-order valence-electron chi connectivity index (χ3n) is 2.63. The van der Waals surface area contributed by atoms with E-state index in [1.54, 1.807) is 0 Å². The normalized spacial score (nSPS) is 10.9. The predicted octanol–water partition coefficient (Wildman–Crippen LogP) is 2.84. The molecule has 2 rings (SSSR count). The fraction of sp³-hybridized carbons (Fsp3) is 0.0667. The Morgan fingerprint density at radius 3 is 2.35 bits per heavy atom. The van der Waals surface area contributed by atoms with Crippen LogP contribution in [0.15, 0.2) is 60.8 Å². The number of benzene rings is 2. The van der Waals surface area contributed by atoms with Crippen molar-refractivity contribution in [2.45, 2.75) is 4.87 Å². The van der Waals surface area contributed by atoms with Crippen molar-refractivity contribution in [3.8, 4) is 5.75 Å². The van der Waals surface area contributed by atoms with Gasteiger partial charge in [-0.25, -0.2) is 0 Å². The molecule has 0 aromatic heterocycles. The molecule has 2 aromatic rings. The average molecular weight is 378 g/mol. The first-order valence-electron chi connectivity index (χ1n) is 6.03. The topological polar surface area (TPSA) is 52.4 Å². The van der Waals surface area contributed by atoms with Crippen molar-refractivity contribution in [3.63, 3.8) is 0 Å². The molecular formula is C15H14NO3Sb. The molecule has 0 saturated heterocycles. The maximum absolute atomic E-state index is 10.2. The van der Waals surface area contributed by atoms with E-state index in [0.717, 1.165) is 17.5 Å². The van der Waals surface area contributed by atoms with E-state index in [4.69, 9.17) is 3.02 Å². The molecule has 0 unspecified atom stereocenters. The Morgan fingerprint density at radius 1 is 1.10 bits per heavy atom. The van der Waals surface area contributed by atoms with Crippen LogP contribution in [0, 0.1) is 10.1 Å². The van der Waals surface area contributed by atoms with Gasteiger partial charge >= 0.3 is 125 Å². The van der Waals surface area contributed by atoms with Crippen LogP contribution in [0.4, 0.5) is 0 Å². The number of nitrogens with zero attached hydrogens (tertiary/aromatic N) is 1. The van der Waals surface area contributed by atoms with E-state index in [0.29, 0.717) is 0 Å². The van der Waals surface area contributed by atoms with Gasteiger partial charge in [0, 0.05) is 0 Å². The van der Waals surface area contributed by atoms with Crippen molar-refractivity contribution in [1.29, 1.82) is 0 Å². The van der Waals surface area contributed by atoms with E-state index in [1.165, 1.54) is 9.59 Å². The van der Waals surface area contributed by atoms with E-state index in [1.807, 2.05) is 42.5 Å². The van der Waals surface area contributed by atoms with E-state index in [2.05, 4.69) is 17.0 Å². The van der Waals surface area contributed by atoms with Gasteiger partial charge in [0.2, 0.25) is 0 Å². The van der Waals surface area contributed by atoms with Gasteiger partial charge in [0.05, 0.1) is 0 Å². The van der Waals surface area contributed by atoms with E-state index in [9.17, 15) is 10.1 Å². The third-order valence-corrected chi connectivity index (χ3v) is 6.94. The Bertz CT molecular complexity index is 596. The van der Waals surface area contributed by atoms with Gasteiger partial charge in [-0.05, 0) is 0 Å². The van der Waals surface area contributed by atoms with Crippen molar-refractivity contribution < 1.29 is 7.94 Å². The number of hydrogen-bond acceptors (Lipinski definition) is 3. The summed E-state index contributed by atoms with van der Waals surface area (Å²) < 4.78 is 7.29. The van der Waals surface area contributed by atoms with Crippen molar-refractivity contribution in [2.24, 2.45) is 0 Å².